The van der Waals surface area contributed by atoms with Gasteiger partial charge in [-0.3, -0.25) is 14.6 Å². The third-order valence-corrected chi connectivity index (χ3v) is 9.52. The number of rotatable bonds is 13. The van der Waals surface area contributed by atoms with Gasteiger partial charge in [0, 0.05) is 85.1 Å². The lowest BCUT2D eigenvalue weighted by Crippen LogP contribution is -2.35. The second kappa shape index (κ2) is 15.3. The number of amides is 2. The fourth-order valence-corrected chi connectivity index (χ4v) is 6.81. The SMILES string of the molecule is COc1cc(-c2ccnc(-c3cccc(-c4ccc(CNC[C@H]5CCC(=O)N5)c(OC)n4)c3Cl)c2Cl)ccc1CNC[C@H]1CCC(=O)N1. The second-order valence-electron chi connectivity index (χ2n) is 11.9. The number of pyridine rings is 2. The first kappa shape index (κ1) is 33.7. The van der Waals surface area contributed by atoms with Crippen molar-refractivity contribution in [1.29, 1.82) is 0 Å². The van der Waals surface area contributed by atoms with Gasteiger partial charge in [0.2, 0.25) is 17.7 Å². The van der Waals surface area contributed by atoms with Crippen LogP contribution in [0, 0.1) is 0 Å². The number of methoxy groups -OCH3 is 2. The minimum atomic E-state index is 0.0969. The van der Waals surface area contributed by atoms with E-state index in [0.717, 1.165) is 46.4 Å². The van der Waals surface area contributed by atoms with Gasteiger partial charge in [0.25, 0.3) is 0 Å². The topological polar surface area (TPSA) is 126 Å². The van der Waals surface area contributed by atoms with Gasteiger partial charge in [-0.15, -0.1) is 0 Å². The maximum atomic E-state index is 11.5. The number of ether oxygens (including phenoxy) is 2. The molecule has 48 heavy (non-hydrogen) atoms. The van der Waals surface area contributed by atoms with Crippen LogP contribution in [-0.4, -0.2) is 61.2 Å². The lowest BCUT2D eigenvalue weighted by molar-refractivity contribution is -0.120. The number of benzene rings is 2. The molecule has 0 spiro atoms. The molecule has 2 aromatic carbocycles. The molecule has 0 bridgehead atoms. The number of aromatic nitrogens is 2. The van der Waals surface area contributed by atoms with Crippen LogP contribution in [0.3, 0.4) is 0 Å². The fraction of sp³-hybridized carbons (Fsp3) is 0.333. The van der Waals surface area contributed by atoms with Crippen molar-refractivity contribution in [2.24, 2.45) is 0 Å². The number of hydrogen-bond acceptors (Lipinski definition) is 8. The van der Waals surface area contributed by atoms with E-state index >= 15 is 0 Å². The van der Waals surface area contributed by atoms with E-state index < -0.39 is 0 Å². The molecular formula is C36H38Cl2N6O4. The van der Waals surface area contributed by atoms with E-state index in [1.807, 2.05) is 54.6 Å². The smallest absolute Gasteiger partial charge is 0.220 e. The van der Waals surface area contributed by atoms with Crippen LogP contribution in [0.25, 0.3) is 33.6 Å². The summed E-state index contributed by atoms with van der Waals surface area (Å²) in [5, 5.41) is 13.7. The highest BCUT2D eigenvalue weighted by molar-refractivity contribution is 6.39. The molecule has 12 heteroatoms. The summed E-state index contributed by atoms with van der Waals surface area (Å²) in [6.45, 7) is 2.52. The number of nitrogens with zero attached hydrogens (tertiary/aromatic N) is 2. The molecule has 250 valence electrons. The summed E-state index contributed by atoms with van der Waals surface area (Å²) in [4.78, 5) is 32.4. The van der Waals surface area contributed by atoms with Crippen molar-refractivity contribution in [1.82, 2.24) is 31.2 Å². The van der Waals surface area contributed by atoms with Crippen LogP contribution in [0.5, 0.6) is 11.6 Å². The molecule has 2 saturated heterocycles. The third-order valence-electron chi connectivity index (χ3n) is 8.73. The quantitative estimate of drug-likeness (QED) is 0.144. The zero-order chi connectivity index (χ0) is 33.6. The van der Waals surface area contributed by atoms with Crippen molar-refractivity contribution < 1.29 is 19.1 Å². The summed E-state index contributed by atoms with van der Waals surface area (Å²) in [7, 11) is 3.24. The molecule has 2 fully saturated rings. The van der Waals surface area contributed by atoms with Crippen molar-refractivity contribution in [2.75, 3.05) is 27.3 Å². The van der Waals surface area contributed by atoms with Crippen LogP contribution >= 0.6 is 23.2 Å². The normalized spacial score (nSPS) is 17.3. The van der Waals surface area contributed by atoms with E-state index in [9.17, 15) is 9.59 Å². The van der Waals surface area contributed by atoms with Crippen molar-refractivity contribution in [3.8, 4) is 45.3 Å². The van der Waals surface area contributed by atoms with Gasteiger partial charge in [0.15, 0.2) is 0 Å². The molecule has 2 aliphatic rings. The van der Waals surface area contributed by atoms with Crippen molar-refractivity contribution in [3.05, 3.63) is 82.0 Å². The Bertz CT molecular complexity index is 1690. The van der Waals surface area contributed by atoms with E-state index in [1.54, 1.807) is 20.4 Å². The molecule has 2 aromatic heterocycles. The zero-order valence-electron chi connectivity index (χ0n) is 26.9. The van der Waals surface area contributed by atoms with Gasteiger partial charge in [-0.05, 0) is 36.6 Å². The third kappa shape index (κ3) is 7.57. The number of carbonyl (C=O) groups excluding carboxylic acids is 2. The highest BCUT2D eigenvalue weighted by Crippen LogP contribution is 2.42. The molecule has 6 rings (SSSR count). The molecule has 10 nitrogen and oxygen atoms in total. The first-order valence-electron chi connectivity index (χ1n) is 16.0. The molecule has 4 N–H and O–H groups in total. The number of hydrogen-bond donors (Lipinski definition) is 4. The lowest BCUT2D eigenvalue weighted by Gasteiger charge is -2.16. The molecule has 4 heterocycles. The molecule has 0 aliphatic carbocycles. The van der Waals surface area contributed by atoms with Crippen LogP contribution in [0.4, 0.5) is 0 Å². The molecular weight excluding hydrogens is 651 g/mol. The van der Waals surface area contributed by atoms with Gasteiger partial charge in [-0.1, -0.05) is 59.6 Å². The maximum Gasteiger partial charge on any atom is 0.220 e. The Hall–Kier alpha value is -4.22. The Balaban J connectivity index is 1.20. The molecule has 0 radical (unpaired) electrons. The van der Waals surface area contributed by atoms with Gasteiger partial charge in [0.05, 0.1) is 35.7 Å². The Labute approximate surface area is 289 Å². The van der Waals surface area contributed by atoms with Crippen LogP contribution in [0.15, 0.2) is 60.8 Å². The van der Waals surface area contributed by atoms with Crippen LogP contribution < -0.4 is 30.7 Å². The average molecular weight is 690 g/mol. The number of halogens is 2. The largest absolute Gasteiger partial charge is 0.496 e. The summed E-state index contributed by atoms with van der Waals surface area (Å²) in [5.74, 6) is 1.43. The average Bonchev–Trinajstić information content (AvgIpc) is 3.72. The monoisotopic (exact) mass is 688 g/mol. The van der Waals surface area contributed by atoms with E-state index in [2.05, 4.69) is 26.3 Å². The Morgan fingerprint density at radius 1 is 0.792 bits per heavy atom. The molecule has 2 aliphatic heterocycles. The van der Waals surface area contributed by atoms with E-state index in [0.29, 0.717) is 71.9 Å². The second-order valence-corrected chi connectivity index (χ2v) is 12.7. The van der Waals surface area contributed by atoms with Crippen LogP contribution in [0.1, 0.15) is 36.8 Å². The molecule has 2 amide bonds. The van der Waals surface area contributed by atoms with E-state index in [4.69, 9.17) is 37.7 Å². The summed E-state index contributed by atoms with van der Waals surface area (Å²) < 4.78 is 11.4. The summed E-state index contributed by atoms with van der Waals surface area (Å²) in [5.41, 5.74) is 6.18. The standard InChI is InChI=1S/C36H38Cl2N6O4/c1-47-30-16-21(6-7-22(30)17-39-19-24-9-12-31(45)42-24)26-14-15-41-35(34(26)38)28-5-3-4-27(33(28)37)29-11-8-23(36(44-29)48-2)18-40-20-25-10-13-32(46)43-25/h3-8,11,14-16,24-25,39-40H,9-10,12-13,17-20H2,1-2H3,(H,42,45)(H,43,46)/t24-,25-/m1/s1. The molecule has 0 unspecified atom stereocenters. The first-order chi connectivity index (χ1) is 23.3. The Morgan fingerprint density at radius 2 is 1.46 bits per heavy atom. The van der Waals surface area contributed by atoms with E-state index in [1.165, 1.54) is 0 Å². The van der Waals surface area contributed by atoms with Crippen molar-refractivity contribution >= 4 is 35.0 Å². The van der Waals surface area contributed by atoms with Gasteiger partial charge >= 0.3 is 0 Å². The minimum absolute atomic E-state index is 0.0969. The first-order valence-corrected chi connectivity index (χ1v) is 16.7. The Kier molecular flexibility index (Phi) is 10.8. The van der Waals surface area contributed by atoms with Crippen molar-refractivity contribution in [3.63, 3.8) is 0 Å². The van der Waals surface area contributed by atoms with Gasteiger partial charge in [0.1, 0.15) is 5.75 Å². The molecule has 0 saturated carbocycles. The highest BCUT2D eigenvalue weighted by atomic mass is 35.5. The predicted molar refractivity (Wildman–Crippen MR) is 187 cm³/mol. The lowest BCUT2D eigenvalue weighted by atomic mass is 9.99. The summed E-state index contributed by atoms with van der Waals surface area (Å²) in [6.07, 6.45) is 4.55. The predicted octanol–water partition coefficient (Wildman–Crippen LogP) is 5.54. The Morgan fingerprint density at radius 3 is 2.10 bits per heavy atom. The molecule has 2 atom stereocenters. The van der Waals surface area contributed by atoms with Gasteiger partial charge < -0.3 is 30.7 Å². The summed E-state index contributed by atoms with van der Waals surface area (Å²) >= 11 is 14.1. The minimum Gasteiger partial charge on any atom is -0.496 e. The van der Waals surface area contributed by atoms with E-state index in [-0.39, 0.29) is 23.9 Å². The fourth-order valence-electron chi connectivity index (χ4n) is 6.18. The number of carbonyl (C=O) groups is 2. The summed E-state index contributed by atoms with van der Waals surface area (Å²) in [6, 6.07) is 17.7. The number of nitrogens with one attached hydrogen (secondary N) is 4. The van der Waals surface area contributed by atoms with Crippen LogP contribution in [-0.2, 0) is 22.7 Å². The molecule has 4 aromatic rings. The maximum absolute atomic E-state index is 11.5. The van der Waals surface area contributed by atoms with Gasteiger partial charge in [-0.25, -0.2) is 4.98 Å². The van der Waals surface area contributed by atoms with Gasteiger partial charge in [-0.2, -0.15) is 0 Å². The van der Waals surface area contributed by atoms with Crippen molar-refractivity contribution in [2.45, 2.75) is 50.9 Å². The zero-order valence-corrected chi connectivity index (χ0v) is 28.4. The highest BCUT2D eigenvalue weighted by Gasteiger charge is 2.22. The van der Waals surface area contributed by atoms with Crippen LogP contribution in [0.2, 0.25) is 10.0 Å².